The number of rotatable bonds is 7. The van der Waals surface area contributed by atoms with Gasteiger partial charge in [-0.3, -0.25) is 14.6 Å². The third-order valence-corrected chi connectivity index (χ3v) is 5.51. The Morgan fingerprint density at radius 2 is 2.03 bits per heavy atom. The molecule has 0 bridgehead atoms. The first-order chi connectivity index (χ1) is 13.9. The van der Waals surface area contributed by atoms with Crippen molar-refractivity contribution in [2.24, 2.45) is 11.8 Å². The number of nitrogens with zero attached hydrogens (tertiary/aromatic N) is 2. The van der Waals surface area contributed by atoms with Crippen LogP contribution in [0.1, 0.15) is 51.0 Å². The molecule has 2 heterocycles. The van der Waals surface area contributed by atoms with E-state index in [1.165, 1.54) is 11.8 Å². The van der Waals surface area contributed by atoms with Gasteiger partial charge in [-0.1, -0.05) is 11.8 Å². The van der Waals surface area contributed by atoms with Crippen molar-refractivity contribution < 1.29 is 19.5 Å². The quantitative estimate of drug-likeness (QED) is 0.686. The van der Waals surface area contributed by atoms with Crippen LogP contribution in [-0.2, 0) is 20.8 Å². The van der Waals surface area contributed by atoms with Gasteiger partial charge in [0.15, 0.2) is 0 Å². The van der Waals surface area contributed by atoms with Crippen LogP contribution in [0.25, 0.3) is 0 Å². The maximum absolute atomic E-state index is 13.2. The monoisotopic (exact) mass is 397 g/mol. The van der Waals surface area contributed by atoms with E-state index in [1.807, 2.05) is 12.1 Å². The second kappa shape index (κ2) is 9.08. The first-order valence-corrected chi connectivity index (χ1v) is 10.1. The van der Waals surface area contributed by atoms with Crippen LogP contribution in [0.2, 0.25) is 0 Å². The third-order valence-electron chi connectivity index (χ3n) is 5.51. The van der Waals surface area contributed by atoms with Crippen molar-refractivity contribution >= 4 is 17.8 Å². The zero-order chi connectivity index (χ0) is 20.9. The zero-order valence-electron chi connectivity index (χ0n) is 16.7. The van der Waals surface area contributed by atoms with Crippen molar-refractivity contribution in [3.8, 4) is 11.8 Å². The number of hydrogen-bond donors (Lipinski definition) is 2. The van der Waals surface area contributed by atoms with E-state index in [0.29, 0.717) is 38.1 Å². The SMILES string of the molecule is CC(=O)NC(CC#CC1CC1)(C(=O)O)N1CCCC(CCc2ccncc2)C1=O. The Labute approximate surface area is 170 Å². The van der Waals surface area contributed by atoms with Crippen LogP contribution in [-0.4, -0.2) is 45.0 Å². The lowest BCUT2D eigenvalue weighted by molar-refractivity contribution is -0.168. The number of hydrogen-bond acceptors (Lipinski definition) is 4. The van der Waals surface area contributed by atoms with E-state index in [0.717, 1.165) is 18.4 Å². The number of carbonyl (C=O) groups excluding carboxylic acids is 2. The van der Waals surface area contributed by atoms with Crippen molar-refractivity contribution in [3.05, 3.63) is 30.1 Å². The molecule has 0 spiro atoms. The average Bonchev–Trinajstić information content (AvgIpc) is 3.51. The van der Waals surface area contributed by atoms with Crippen molar-refractivity contribution in [2.75, 3.05) is 6.54 Å². The Morgan fingerprint density at radius 3 is 2.66 bits per heavy atom. The number of piperidine rings is 1. The Hall–Kier alpha value is -2.88. The summed E-state index contributed by atoms with van der Waals surface area (Å²) in [5.74, 6) is 4.03. The lowest BCUT2D eigenvalue weighted by Gasteiger charge is -2.44. The average molecular weight is 397 g/mol. The van der Waals surface area contributed by atoms with Crippen LogP contribution in [0, 0.1) is 23.7 Å². The number of aryl methyl sites for hydroxylation is 1. The molecule has 1 saturated carbocycles. The highest BCUT2D eigenvalue weighted by atomic mass is 16.4. The molecule has 2 fully saturated rings. The summed E-state index contributed by atoms with van der Waals surface area (Å²) in [7, 11) is 0. The summed E-state index contributed by atoms with van der Waals surface area (Å²) in [5.41, 5.74) is -0.730. The molecule has 154 valence electrons. The normalized spacial score (nSPS) is 20.9. The highest BCUT2D eigenvalue weighted by molar-refractivity contribution is 5.92. The predicted molar refractivity (Wildman–Crippen MR) is 106 cm³/mol. The number of aromatic nitrogens is 1. The van der Waals surface area contributed by atoms with Crippen LogP contribution in [0.15, 0.2) is 24.5 Å². The van der Waals surface area contributed by atoms with Gasteiger partial charge in [0.05, 0.1) is 6.42 Å². The van der Waals surface area contributed by atoms with Gasteiger partial charge in [0.1, 0.15) is 0 Å². The molecule has 0 radical (unpaired) electrons. The highest BCUT2D eigenvalue weighted by Crippen LogP contribution is 2.31. The van der Waals surface area contributed by atoms with Crippen molar-refractivity contribution in [3.63, 3.8) is 0 Å². The Balaban J connectivity index is 1.79. The standard InChI is InChI=1S/C22H27N3O4/c1-16(26)24-22(21(28)29,12-2-4-17-6-7-17)25-15-3-5-19(20(25)27)9-8-18-10-13-23-14-11-18/h10-11,13-14,17,19H,3,5-9,12,15H2,1H3,(H,24,26)(H,28,29). The van der Waals surface area contributed by atoms with Crippen molar-refractivity contribution in [1.29, 1.82) is 0 Å². The van der Waals surface area contributed by atoms with Crippen LogP contribution < -0.4 is 5.32 Å². The van der Waals surface area contributed by atoms with Gasteiger partial charge in [0, 0.05) is 37.7 Å². The van der Waals surface area contributed by atoms with E-state index in [4.69, 9.17) is 0 Å². The summed E-state index contributed by atoms with van der Waals surface area (Å²) < 4.78 is 0. The lowest BCUT2D eigenvalue weighted by Crippen LogP contribution is -2.68. The van der Waals surface area contributed by atoms with Gasteiger partial charge in [-0.25, -0.2) is 4.79 Å². The minimum Gasteiger partial charge on any atom is -0.478 e. The molecule has 1 saturated heterocycles. The molecular weight excluding hydrogens is 370 g/mol. The fourth-order valence-electron chi connectivity index (χ4n) is 3.78. The molecule has 1 aliphatic heterocycles. The summed E-state index contributed by atoms with van der Waals surface area (Å²) >= 11 is 0. The number of carbonyl (C=O) groups is 3. The number of pyridine rings is 1. The minimum absolute atomic E-state index is 0.110. The number of likely N-dealkylation sites (tertiary alicyclic amines) is 1. The highest BCUT2D eigenvalue weighted by Gasteiger charge is 2.49. The van der Waals surface area contributed by atoms with Gasteiger partial charge >= 0.3 is 5.97 Å². The van der Waals surface area contributed by atoms with Crippen LogP contribution in [0.3, 0.4) is 0 Å². The minimum atomic E-state index is -1.82. The first-order valence-electron chi connectivity index (χ1n) is 10.1. The van der Waals surface area contributed by atoms with Gasteiger partial charge in [0.25, 0.3) is 0 Å². The summed E-state index contributed by atoms with van der Waals surface area (Å²) in [6.07, 6.45) is 8.12. The molecule has 7 heteroatoms. The molecule has 2 atom stereocenters. The van der Waals surface area contributed by atoms with Gasteiger partial charge in [-0.15, -0.1) is 0 Å². The predicted octanol–water partition coefficient (Wildman–Crippen LogP) is 1.97. The number of carboxylic acids is 1. The number of nitrogens with one attached hydrogen (secondary N) is 1. The molecule has 1 aliphatic carbocycles. The molecule has 2 N–H and O–H groups in total. The molecule has 2 aliphatic rings. The topological polar surface area (TPSA) is 99.6 Å². The fraction of sp³-hybridized carbons (Fsp3) is 0.545. The molecule has 1 aromatic heterocycles. The number of amides is 2. The molecule has 3 rings (SSSR count). The van der Waals surface area contributed by atoms with E-state index in [-0.39, 0.29) is 18.2 Å². The van der Waals surface area contributed by atoms with Crippen molar-refractivity contribution in [1.82, 2.24) is 15.2 Å². The molecule has 29 heavy (non-hydrogen) atoms. The molecule has 2 unspecified atom stereocenters. The van der Waals surface area contributed by atoms with Gasteiger partial charge in [-0.05, 0) is 56.2 Å². The first kappa shape index (κ1) is 20.8. The fourth-order valence-corrected chi connectivity index (χ4v) is 3.78. The van der Waals surface area contributed by atoms with E-state index in [9.17, 15) is 19.5 Å². The Kier molecular flexibility index (Phi) is 6.53. The van der Waals surface area contributed by atoms with Crippen LogP contribution in [0.5, 0.6) is 0 Å². The maximum atomic E-state index is 13.2. The summed E-state index contributed by atoms with van der Waals surface area (Å²) in [5, 5.41) is 12.6. The largest absolute Gasteiger partial charge is 0.478 e. The zero-order valence-corrected chi connectivity index (χ0v) is 16.7. The number of carboxylic acid groups (broad SMARTS) is 1. The lowest BCUT2D eigenvalue weighted by atomic mass is 9.88. The second-order valence-corrected chi connectivity index (χ2v) is 7.84. The van der Waals surface area contributed by atoms with Gasteiger partial charge in [0.2, 0.25) is 17.5 Å². The molecule has 0 aromatic carbocycles. The maximum Gasteiger partial charge on any atom is 0.351 e. The summed E-state index contributed by atoms with van der Waals surface area (Å²) in [6.45, 7) is 1.56. The molecule has 2 amide bonds. The second-order valence-electron chi connectivity index (χ2n) is 7.84. The van der Waals surface area contributed by atoms with E-state index >= 15 is 0 Å². The third kappa shape index (κ3) is 5.14. The van der Waals surface area contributed by atoms with Gasteiger partial charge < -0.3 is 15.3 Å². The van der Waals surface area contributed by atoms with Crippen LogP contribution in [0.4, 0.5) is 0 Å². The van der Waals surface area contributed by atoms with E-state index < -0.39 is 17.5 Å². The Bertz CT molecular complexity index is 825. The summed E-state index contributed by atoms with van der Waals surface area (Å²) in [6, 6.07) is 3.83. The van der Waals surface area contributed by atoms with E-state index in [2.05, 4.69) is 22.1 Å². The molecular formula is C22H27N3O4. The van der Waals surface area contributed by atoms with Gasteiger partial charge in [-0.2, -0.15) is 0 Å². The molecule has 1 aromatic rings. The smallest absolute Gasteiger partial charge is 0.351 e. The Morgan fingerprint density at radius 1 is 1.31 bits per heavy atom. The van der Waals surface area contributed by atoms with Crippen molar-refractivity contribution in [2.45, 2.75) is 57.5 Å². The van der Waals surface area contributed by atoms with Crippen LogP contribution >= 0.6 is 0 Å². The number of aliphatic carboxylic acids is 1. The molecule has 7 nitrogen and oxygen atoms in total. The van der Waals surface area contributed by atoms with E-state index in [1.54, 1.807) is 12.4 Å². The summed E-state index contributed by atoms with van der Waals surface area (Å²) in [4.78, 5) is 42.7.